The lowest BCUT2D eigenvalue weighted by atomic mass is 10.1. The van der Waals surface area contributed by atoms with Crippen LogP contribution in [0.5, 0.6) is 5.75 Å². The van der Waals surface area contributed by atoms with Crippen molar-refractivity contribution in [3.8, 4) is 5.75 Å². The summed E-state index contributed by atoms with van der Waals surface area (Å²) in [5.74, 6) is 0.813. The molecule has 102 valence electrons. The highest BCUT2D eigenvalue weighted by molar-refractivity contribution is 5.30. The van der Waals surface area contributed by atoms with Gasteiger partial charge in [0.2, 0.25) is 0 Å². The van der Waals surface area contributed by atoms with Crippen LogP contribution in [0.3, 0.4) is 0 Å². The number of nitrogens with zero attached hydrogens (tertiary/aromatic N) is 1. The van der Waals surface area contributed by atoms with E-state index >= 15 is 0 Å². The van der Waals surface area contributed by atoms with Crippen LogP contribution in [0.25, 0.3) is 0 Å². The summed E-state index contributed by atoms with van der Waals surface area (Å²) in [6.45, 7) is 6.55. The summed E-state index contributed by atoms with van der Waals surface area (Å²) >= 11 is 0. The number of rotatable bonds is 7. The fourth-order valence-electron chi connectivity index (χ4n) is 1.54. The first-order valence-electron chi connectivity index (χ1n) is 6.44. The van der Waals surface area contributed by atoms with Crippen LogP contribution in [0.15, 0.2) is 12.1 Å². The van der Waals surface area contributed by atoms with E-state index in [1.54, 1.807) is 7.11 Å². The van der Waals surface area contributed by atoms with Crippen molar-refractivity contribution in [1.29, 1.82) is 0 Å². The van der Waals surface area contributed by atoms with Crippen LogP contribution in [0.4, 0.5) is 0 Å². The molecule has 0 aliphatic heterocycles. The molecule has 0 saturated heterocycles. The maximum absolute atomic E-state index is 5.99. The Kier molecular flexibility index (Phi) is 6.09. The average Bonchev–Trinajstić information content (AvgIpc) is 2.37. The lowest BCUT2D eigenvalue weighted by Gasteiger charge is -2.16. The van der Waals surface area contributed by atoms with Crippen LogP contribution >= 0.6 is 0 Å². The Morgan fingerprint density at radius 2 is 2.11 bits per heavy atom. The third-order valence-corrected chi connectivity index (χ3v) is 2.93. The van der Waals surface area contributed by atoms with Crippen LogP contribution in [0.2, 0.25) is 0 Å². The molecule has 18 heavy (non-hydrogen) atoms. The molecule has 0 aromatic carbocycles. The predicted molar refractivity (Wildman–Crippen MR) is 72.9 cm³/mol. The highest BCUT2D eigenvalue weighted by Crippen LogP contribution is 2.19. The van der Waals surface area contributed by atoms with Crippen molar-refractivity contribution in [1.82, 2.24) is 4.98 Å². The Balaban J connectivity index is 2.76. The number of pyridine rings is 1. The molecule has 1 aromatic rings. The van der Waals surface area contributed by atoms with E-state index in [2.05, 4.69) is 11.9 Å². The topological polar surface area (TPSA) is 57.4 Å². The molecular weight excluding hydrogens is 228 g/mol. The van der Waals surface area contributed by atoms with E-state index in [0.29, 0.717) is 6.61 Å². The van der Waals surface area contributed by atoms with Crippen molar-refractivity contribution in [3.63, 3.8) is 0 Å². The van der Waals surface area contributed by atoms with Gasteiger partial charge in [-0.15, -0.1) is 0 Å². The van der Waals surface area contributed by atoms with Crippen LogP contribution in [-0.4, -0.2) is 30.8 Å². The molecule has 0 fully saturated rings. The lowest BCUT2D eigenvalue weighted by molar-refractivity contribution is 0.0711. The fraction of sp³-hybridized carbons (Fsp3) is 0.643. The van der Waals surface area contributed by atoms with E-state index in [1.165, 1.54) is 0 Å². The second kappa shape index (κ2) is 7.34. The normalized spacial score (nSPS) is 14.3. The van der Waals surface area contributed by atoms with Crippen molar-refractivity contribution >= 4 is 0 Å². The Morgan fingerprint density at radius 3 is 2.72 bits per heavy atom. The first-order chi connectivity index (χ1) is 8.56. The molecule has 2 atom stereocenters. The third kappa shape index (κ3) is 4.63. The third-order valence-electron chi connectivity index (χ3n) is 2.93. The molecule has 1 rings (SSSR count). The average molecular weight is 252 g/mol. The Labute approximate surface area is 110 Å². The van der Waals surface area contributed by atoms with Crippen molar-refractivity contribution in [2.45, 2.75) is 45.8 Å². The maximum Gasteiger partial charge on any atom is 0.141 e. The van der Waals surface area contributed by atoms with Gasteiger partial charge in [-0.1, -0.05) is 6.92 Å². The van der Waals surface area contributed by atoms with E-state index < -0.39 is 0 Å². The Bertz CT molecular complexity index is 369. The van der Waals surface area contributed by atoms with Crippen molar-refractivity contribution < 1.29 is 9.47 Å². The molecule has 0 amide bonds. The summed E-state index contributed by atoms with van der Waals surface area (Å²) in [5, 5.41) is 0. The van der Waals surface area contributed by atoms with Crippen LogP contribution in [0.1, 0.15) is 31.7 Å². The molecule has 0 spiro atoms. The number of aromatic nitrogens is 1. The first-order valence-corrected chi connectivity index (χ1v) is 6.44. The molecule has 0 bridgehead atoms. The quantitative estimate of drug-likeness (QED) is 0.807. The van der Waals surface area contributed by atoms with Gasteiger partial charge < -0.3 is 15.2 Å². The smallest absolute Gasteiger partial charge is 0.141 e. The van der Waals surface area contributed by atoms with Gasteiger partial charge in [-0.25, -0.2) is 0 Å². The minimum absolute atomic E-state index is 0.0685. The minimum Gasteiger partial charge on any atom is -0.489 e. The monoisotopic (exact) mass is 252 g/mol. The van der Waals surface area contributed by atoms with Gasteiger partial charge in [-0.05, 0) is 32.4 Å². The molecule has 2 unspecified atom stereocenters. The Hall–Kier alpha value is -1.13. The number of methoxy groups -OCH3 is 1. The second-order valence-electron chi connectivity index (χ2n) is 4.63. The van der Waals surface area contributed by atoms with E-state index in [-0.39, 0.29) is 12.1 Å². The van der Waals surface area contributed by atoms with Gasteiger partial charge in [-0.3, -0.25) is 4.98 Å². The number of ether oxygens (including phenoxy) is 2. The molecular formula is C14H24N2O2. The van der Waals surface area contributed by atoms with Gasteiger partial charge in [0, 0.05) is 25.3 Å². The maximum atomic E-state index is 5.99. The summed E-state index contributed by atoms with van der Waals surface area (Å²) < 4.78 is 10.9. The fourth-order valence-corrected chi connectivity index (χ4v) is 1.54. The van der Waals surface area contributed by atoms with Gasteiger partial charge in [-0.2, -0.15) is 0 Å². The highest BCUT2D eigenvalue weighted by Gasteiger charge is 2.11. The zero-order valence-electron chi connectivity index (χ0n) is 11.8. The van der Waals surface area contributed by atoms with Crippen molar-refractivity contribution in [2.75, 3.05) is 13.7 Å². The van der Waals surface area contributed by atoms with E-state index in [4.69, 9.17) is 15.2 Å². The predicted octanol–water partition coefficient (Wildman–Crippen LogP) is 2.08. The van der Waals surface area contributed by atoms with E-state index in [0.717, 1.165) is 30.0 Å². The number of aryl methyl sites for hydroxylation is 1. The standard InChI is InChI=1S/C14H24N2O2/c1-5-12(15)8-13-14(7-6-10(2)16-13)18-9-11(3)17-4/h6-7,11-12H,5,8-9,15H2,1-4H3. The summed E-state index contributed by atoms with van der Waals surface area (Å²) in [6.07, 6.45) is 1.75. The van der Waals surface area contributed by atoms with Crippen LogP contribution in [0, 0.1) is 6.92 Å². The first kappa shape index (κ1) is 14.9. The molecule has 0 saturated carbocycles. The number of nitrogens with two attached hydrogens (primary N) is 1. The van der Waals surface area contributed by atoms with E-state index in [9.17, 15) is 0 Å². The molecule has 4 heteroatoms. The second-order valence-corrected chi connectivity index (χ2v) is 4.63. The van der Waals surface area contributed by atoms with Gasteiger partial charge in [0.05, 0.1) is 11.8 Å². The summed E-state index contributed by atoms with van der Waals surface area (Å²) in [7, 11) is 1.68. The largest absolute Gasteiger partial charge is 0.489 e. The molecule has 0 aliphatic carbocycles. The lowest BCUT2D eigenvalue weighted by Crippen LogP contribution is -2.23. The molecule has 1 aromatic heterocycles. The Morgan fingerprint density at radius 1 is 1.39 bits per heavy atom. The summed E-state index contributed by atoms with van der Waals surface area (Å²) in [5.41, 5.74) is 7.91. The number of hydrogen-bond acceptors (Lipinski definition) is 4. The van der Waals surface area contributed by atoms with Crippen molar-refractivity contribution in [2.24, 2.45) is 5.73 Å². The summed E-state index contributed by atoms with van der Waals surface area (Å²) in [6, 6.07) is 4.04. The van der Waals surface area contributed by atoms with Gasteiger partial charge in [0.1, 0.15) is 12.4 Å². The molecule has 0 radical (unpaired) electrons. The van der Waals surface area contributed by atoms with Gasteiger partial charge in [0.15, 0.2) is 0 Å². The zero-order valence-corrected chi connectivity index (χ0v) is 11.8. The SMILES string of the molecule is CCC(N)Cc1nc(C)ccc1OCC(C)OC. The molecule has 4 nitrogen and oxygen atoms in total. The molecule has 0 aliphatic rings. The highest BCUT2D eigenvalue weighted by atomic mass is 16.5. The molecule has 2 N–H and O–H groups in total. The van der Waals surface area contributed by atoms with Crippen LogP contribution < -0.4 is 10.5 Å². The van der Waals surface area contributed by atoms with Gasteiger partial charge in [0.25, 0.3) is 0 Å². The van der Waals surface area contributed by atoms with Crippen LogP contribution in [-0.2, 0) is 11.2 Å². The van der Waals surface area contributed by atoms with Crippen molar-refractivity contribution in [3.05, 3.63) is 23.5 Å². The zero-order chi connectivity index (χ0) is 13.5. The summed E-state index contributed by atoms with van der Waals surface area (Å²) in [4.78, 5) is 4.52. The minimum atomic E-state index is 0.0685. The van der Waals surface area contributed by atoms with Gasteiger partial charge >= 0.3 is 0 Å². The van der Waals surface area contributed by atoms with E-state index in [1.807, 2.05) is 26.0 Å². The molecule has 1 heterocycles. The number of hydrogen-bond donors (Lipinski definition) is 1.